The average molecular weight is 280 g/mol. The van der Waals surface area contributed by atoms with Gasteiger partial charge in [-0.2, -0.15) is 0 Å². The van der Waals surface area contributed by atoms with Crippen LogP contribution in [0.4, 0.5) is 0 Å². The van der Waals surface area contributed by atoms with E-state index < -0.39 is 9.84 Å². The number of rotatable bonds is 5. The summed E-state index contributed by atoms with van der Waals surface area (Å²) in [7, 11) is -2.02. The Morgan fingerprint density at radius 1 is 1.41 bits per heavy atom. The molecule has 96 valence electrons. The number of sulfone groups is 1. The molecule has 0 aliphatic carbocycles. The molecule has 1 aromatic carbocycles. The standard InChI is InChI=1S/C10H14ClNO4S/c1-15-10-8(11)5-7(3-4-16-12)6-9(10)17(2,13)14/h5-6H,3-4,12H2,1-2H3. The maximum atomic E-state index is 11.6. The first-order valence-corrected chi connectivity index (χ1v) is 7.05. The summed E-state index contributed by atoms with van der Waals surface area (Å²) in [6.45, 7) is 0.284. The van der Waals surface area contributed by atoms with Crippen LogP contribution in [0.1, 0.15) is 5.56 Å². The van der Waals surface area contributed by atoms with E-state index in [0.717, 1.165) is 11.8 Å². The number of methoxy groups -OCH3 is 1. The number of nitrogens with two attached hydrogens (primary N) is 1. The molecule has 2 N–H and O–H groups in total. The number of ether oxygens (including phenoxy) is 1. The van der Waals surface area contributed by atoms with E-state index in [4.69, 9.17) is 22.2 Å². The molecule has 0 unspecified atom stereocenters. The molecule has 1 rings (SSSR count). The van der Waals surface area contributed by atoms with E-state index in [0.29, 0.717) is 6.42 Å². The molecule has 7 heteroatoms. The topological polar surface area (TPSA) is 78.6 Å². The van der Waals surface area contributed by atoms with Gasteiger partial charge >= 0.3 is 0 Å². The first-order valence-electron chi connectivity index (χ1n) is 4.78. The van der Waals surface area contributed by atoms with Crippen LogP contribution in [-0.2, 0) is 21.1 Å². The number of benzene rings is 1. The molecule has 0 radical (unpaired) electrons. The molecule has 0 fully saturated rings. The van der Waals surface area contributed by atoms with Gasteiger partial charge in [0.2, 0.25) is 0 Å². The second kappa shape index (κ2) is 5.68. The molecule has 0 aliphatic rings. The first kappa shape index (κ1) is 14.2. The maximum Gasteiger partial charge on any atom is 0.179 e. The van der Waals surface area contributed by atoms with Gasteiger partial charge in [-0.15, -0.1) is 0 Å². The largest absolute Gasteiger partial charge is 0.494 e. The van der Waals surface area contributed by atoms with Crippen molar-refractivity contribution in [3.05, 3.63) is 22.7 Å². The minimum Gasteiger partial charge on any atom is -0.494 e. The van der Waals surface area contributed by atoms with Crippen molar-refractivity contribution in [2.24, 2.45) is 5.90 Å². The zero-order chi connectivity index (χ0) is 13.1. The van der Waals surface area contributed by atoms with Gasteiger partial charge in [-0.25, -0.2) is 14.3 Å². The van der Waals surface area contributed by atoms with Crippen LogP contribution in [0.2, 0.25) is 5.02 Å². The Labute approximate surface area is 105 Å². The SMILES string of the molecule is COc1c(Cl)cc(CCON)cc1S(C)(=O)=O. The highest BCUT2D eigenvalue weighted by atomic mass is 35.5. The summed E-state index contributed by atoms with van der Waals surface area (Å²) in [5, 5.41) is 0.252. The van der Waals surface area contributed by atoms with Crippen molar-refractivity contribution in [3.63, 3.8) is 0 Å². The van der Waals surface area contributed by atoms with Crippen molar-refractivity contribution in [2.75, 3.05) is 20.0 Å². The third-order valence-electron chi connectivity index (χ3n) is 2.18. The van der Waals surface area contributed by atoms with Gasteiger partial charge < -0.3 is 9.57 Å². The number of hydrogen-bond acceptors (Lipinski definition) is 5. The van der Waals surface area contributed by atoms with E-state index in [9.17, 15) is 8.42 Å². The zero-order valence-corrected chi connectivity index (χ0v) is 11.1. The summed E-state index contributed by atoms with van der Waals surface area (Å²) in [6, 6.07) is 3.15. The Morgan fingerprint density at radius 2 is 2.06 bits per heavy atom. The van der Waals surface area contributed by atoms with Crippen LogP contribution in [-0.4, -0.2) is 28.4 Å². The lowest BCUT2D eigenvalue weighted by Gasteiger charge is -2.11. The van der Waals surface area contributed by atoms with Gasteiger partial charge in [-0.05, 0) is 24.1 Å². The Bertz CT molecular complexity index is 501. The molecule has 0 atom stereocenters. The van der Waals surface area contributed by atoms with Crippen molar-refractivity contribution >= 4 is 21.4 Å². The van der Waals surface area contributed by atoms with E-state index in [1.165, 1.54) is 13.2 Å². The lowest BCUT2D eigenvalue weighted by molar-refractivity contribution is 0.141. The fourth-order valence-corrected chi connectivity index (χ4v) is 2.69. The van der Waals surface area contributed by atoms with Gasteiger partial charge in [0.05, 0.1) is 18.7 Å². The summed E-state index contributed by atoms with van der Waals surface area (Å²) in [4.78, 5) is 4.51. The van der Waals surface area contributed by atoms with Crippen LogP contribution in [0.5, 0.6) is 5.75 Å². The zero-order valence-electron chi connectivity index (χ0n) is 9.57. The van der Waals surface area contributed by atoms with Crippen LogP contribution in [0.25, 0.3) is 0 Å². The van der Waals surface area contributed by atoms with Gasteiger partial charge in [-0.1, -0.05) is 11.6 Å². The second-order valence-corrected chi connectivity index (χ2v) is 5.89. The quantitative estimate of drug-likeness (QED) is 0.819. The van der Waals surface area contributed by atoms with E-state index in [2.05, 4.69) is 4.84 Å². The van der Waals surface area contributed by atoms with Gasteiger partial charge in [0.25, 0.3) is 0 Å². The summed E-state index contributed by atoms with van der Waals surface area (Å²) in [6.07, 6.45) is 1.58. The molecule has 0 amide bonds. The van der Waals surface area contributed by atoms with Crippen molar-refractivity contribution in [1.82, 2.24) is 0 Å². The average Bonchev–Trinajstić information content (AvgIpc) is 2.24. The molecular formula is C10H14ClNO4S. The first-order chi connectivity index (χ1) is 7.90. The van der Waals surface area contributed by atoms with Crippen molar-refractivity contribution in [3.8, 4) is 5.75 Å². The van der Waals surface area contributed by atoms with Gasteiger partial charge in [0.1, 0.15) is 4.90 Å². The highest BCUT2D eigenvalue weighted by molar-refractivity contribution is 7.90. The highest BCUT2D eigenvalue weighted by Crippen LogP contribution is 2.33. The minimum absolute atomic E-state index is 0.0690. The third kappa shape index (κ3) is 3.57. The molecule has 0 saturated heterocycles. The monoisotopic (exact) mass is 279 g/mol. The molecular weight excluding hydrogens is 266 g/mol. The fourth-order valence-electron chi connectivity index (χ4n) is 1.42. The van der Waals surface area contributed by atoms with Crippen molar-refractivity contribution in [2.45, 2.75) is 11.3 Å². The number of hydrogen-bond donors (Lipinski definition) is 1. The predicted molar refractivity (Wildman–Crippen MR) is 65.0 cm³/mol. The Balaban J connectivity index is 3.29. The molecule has 0 aromatic heterocycles. The van der Waals surface area contributed by atoms with E-state index in [-0.39, 0.29) is 22.3 Å². The van der Waals surface area contributed by atoms with E-state index in [1.807, 2.05) is 0 Å². The fraction of sp³-hybridized carbons (Fsp3) is 0.400. The normalized spacial score (nSPS) is 11.5. The molecule has 0 saturated carbocycles. The summed E-state index contributed by atoms with van der Waals surface area (Å²) >= 11 is 5.96. The highest BCUT2D eigenvalue weighted by Gasteiger charge is 2.18. The third-order valence-corrected chi connectivity index (χ3v) is 3.56. The van der Waals surface area contributed by atoms with Crippen LogP contribution in [0.15, 0.2) is 17.0 Å². The minimum atomic E-state index is -3.40. The van der Waals surface area contributed by atoms with E-state index in [1.54, 1.807) is 6.07 Å². The smallest absolute Gasteiger partial charge is 0.179 e. The lowest BCUT2D eigenvalue weighted by atomic mass is 10.1. The van der Waals surface area contributed by atoms with Gasteiger partial charge in [-0.3, -0.25) is 0 Å². The second-order valence-electron chi connectivity index (χ2n) is 3.50. The summed E-state index contributed by atoms with van der Waals surface area (Å²) < 4.78 is 28.2. The van der Waals surface area contributed by atoms with Crippen molar-refractivity contribution in [1.29, 1.82) is 0 Å². The molecule has 0 aliphatic heterocycles. The Hall–Kier alpha value is -0.820. The Kier molecular flexibility index (Phi) is 4.76. The van der Waals surface area contributed by atoms with E-state index >= 15 is 0 Å². The predicted octanol–water partition coefficient (Wildman–Crippen LogP) is 1.18. The van der Waals surface area contributed by atoms with Crippen molar-refractivity contribution < 1.29 is 18.0 Å². The summed E-state index contributed by atoms with van der Waals surface area (Å²) in [5.74, 6) is 5.08. The lowest BCUT2D eigenvalue weighted by Crippen LogP contribution is -2.06. The van der Waals surface area contributed by atoms with Crippen LogP contribution in [0.3, 0.4) is 0 Å². The Morgan fingerprint density at radius 3 is 2.53 bits per heavy atom. The molecule has 0 spiro atoms. The maximum absolute atomic E-state index is 11.6. The van der Waals surface area contributed by atoms with Crippen LogP contribution >= 0.6 is 11.6 Å². The molecule has 5 nitrogen and oxygen atoms in total. The van der Waals surface area contributed by atoms with Gasteiger partial charge in [0, 0.05) is 6.26 Å². The van der Waals surface area contributed by atoms with Gasteiger partial charge in [0.15, 0.2) is 15.6 Å². The number of halogens is 1. The van der Waals surface area contributed by atoms with Crippen LogP contribution in [0, 0.1) is 0 Å². The molecule has 1 aromatic rings. The molecule has 17 heavy (non-hydrogen) atoms. The molecule has 0 heterocycles. The van der Waals surface area contributed by atoms with Crippen LogP contribution < -0.4 is 10.6 Å². The molecule has 0 bridgehead atoms. The summed E-state index contributed by atoms with van der Waals surface area (Å²) in [5.41, 5.74) is 0.724.